The summed E-state index contributed by atoms with van der Waals surface area (Å²) in [4.78, 5) is 27.2. The Bertz CT molecular complexity index is 797. The Morgan fingerprint density at radius 3 is 2.27 bits per heavy atom. The Kier molecular flexibility index (Phi) is 6.86. The third kappa shape index (κ3) is 5.36. The van der Waals surface area contributed by atoms with Gasteiger partial charge in [0, 0.05) is 17.6 Å². The Hall–Kier alpha value is -2.27. The Morgan fingerprint density at radius 2 is 1.65 bits per heavy atom. The molecule has 0 heterocycles. The van der Waals surface area contributed by atoms with E-state index >= 15 is 0 Å². The number of hydrogen-bond acceptors (Lipinski definition) is 3. The maximum Gasteiger partial charge on any atom is 0.243 e. The molecule has 1 N–H and O–H groups in total. The minimum atomic E-state index is -0.185. The second kappa shape index (κ2) is 8.90. The predicted octanol–water partition coefficient (Wildman–Crippen LogP) is 4.11. The summed E-state index contributed by atoms with van der Waals surface area (Å²) in [6.07, 6.45) is 0. The second-order valence-electron chi connectivity index (χ2n) is 6.62. The summed E-state index contributed by atoms with van der Waals surface area (Å²) in [7, 11) is 1.66. The van der Waals surface area contributed by atoms with Gasteiger partial charge in [-0.3, -0.25) is 9.59 Å². The third-order valence-corrected chi connectivity index (χ3v) is 5.39. The van der Waals surface area contributed by atoms with Crippen LogP contribution in [-0.2, 0) is 9.59 Å². The summed E-state index contributed by atoms with van der Waals surface area (Å²) in [6, 6.07) is 12.1. The van der Waals surface area contributed by atoms with Gasteiger partial charge in [-0.15, -0.1) is 11.8 Å². The molecule has 2 aromatic carbocycles. The number of rotatable bonds is 6. The van der Waals surface area contributed by atoms with Crippen molar-refractivity contribution in [3.8, 4) is 0 Å². The fourth-order valence-corrected chi connectivity index (χ4v) is 3.66. The van der Waals surface area contributed by atoms with Crippen molar-refractivity contribution >= 4 is 29.3 Å². The molecule has 0 saturated carbocycles. The molecule has 26 heavy (non-hydrogen) atoms. The third-order valence-electron chi connectivity index (χ3n) is 4.23. The zero-order valence-electron chi connectivity index (χ0n) is 16.1. The van der Waals surface area contributed by atoms with Gasteiger partial charge < -0.3 is 10.2 Å². The van der Waals surface area contributed by atoms with Crippen molar-refractivity contribution in [1.82, 2.24) is 4.90 Å². The van der Waals surface area contributed by atoms with Gasteiger partial charge in [-0.1, -0.05) is 35.9 Å². The van der Waals surface area contributed by atoms with Crippen molar-refractivity contribution in [3.05, 3.63) is 58.7 Å². The number of nitrogens with zero attached hydrogens (tertiary/aromatic N) is 1. The van der Waals surface area contributed by atoms with Crippen molar-refractivity contribution in [1.29, 1.82) is 0 Å². The second-order valence-corrected chi connectivity index (χ2v) is 7.64. The molecular weight excluding hydrogens is 344 g/mol. The Morgan fingerprint density at radius 1 is 1.00 bits per heavy atom. The SMILES string of the molecule is Cc1ccc(SCC(=O)N(C)CC(=O)Nc2c(C)cccc2C)c(C)c1. The number of hydrogen-bond donors (Lipinski definition) is 1. The average molecular weight is 371 g/mol. The number of amides is 2. The highest BCUT2D eigenvalue weighted by Crippen LogP contribution is 2.23. The molecule has 2 rings (SSSR count). The zero-order chi connectivity index (χ0) is 19.3. The first-order valence-corrected chi connectivity index (χ1v) is 9.56. The molecule has 0 unspecified atom stereocenters. The molecule has 0 aliphatic rings. The van der Waals surface area contributed by atoms with Gasteiger partial charge in [0.25, 0.3) is 0 Å². The first-order valence-electron chi connectivity index (χ1n) is 8.58. The van der Waals surface area contributed by atoms with Crippen LogP contribution in [-0.4, -0.2) is 36.1 Å². The number of para-hydroxylation sites is 1. The number of aryl methyl sites for hydroxylation is 4. The van der Waals surface area contributed by atoms with Crippen molar-refractivity contribution in [3.63, 3.8) is 0 Å². The Labute approximate surface area is 160 Å². The molecule has 0 aliphatic heterocycles. The average Bonchev–Trinajstić information content (AvgIpc) is 2.57. The zero-order valence-corrected chi connectivity index (χ0v) is 16.9. The molecule has 0 bridgehead atoms. The minimum Gasteiger partial charge on any atom is -0.336 e. The monoisotopic (exact) mass is 370 g/mol. The number of likely N-dealkylation sites (N-methyl/N-ethyl adjacent to an activating group) is 1. The van der Waals surface area contributed by atoms with Crippen LogP contribution < -0.4 is 5.32 Å². The fraction of sp³-hybridized carbons (Fsp3) is 0.333. The molecule has 0 atom stereocenters. The van der Waals surface area contributed by atoms with Gasteiger partial charge >= 0.3 is 0 Å². The highest BCUT2D eigenvalue weighted by atomic mass is 32.2. The number of nitrogens with one attached hydrogen (secondary N) is 1. The van der Waals surface area contributed by atoms with Crippen LogP contribution in [0.15, 0.2) is 41.3 Å². The van der Waals surface area contributed by atoms with E-state index in [1.54, 1.807) is 7.05 Å². The highest BCUT2D eigenvalue weighted by molar-refractivity contribution is 8.00. The number of benzene rings is 2. The van der Waals surface area contributed by atoms with E-state index in [-0.39, 0.29) is 18.4 Å². The fourth-order valence-electron chi connectivity index (χ4n) is 2.71. The maximum absolute atomic E-state index is 12.3. The van der Waals surface area contributed by atoms with E-state index < -0.39 is 0 Å². The van der Waals surface area contributed by atoms with E-state index in [0.29, 0.717) is 5.75 Å². The normalized spacial score (nSPS) is 10.5. The number of thioether (sulfide) groups is 1. The van der Waals surface area contributed by atoms with Gasteiger partial charge in [-0.25, -0.2) is 0 Å². The molecular formula is C21H26N2O2S. The van der Waals surface area contributed by atoms with Crippen molar-refractivity contribution in [2.75, 3.05) is 24.7 Å². The lowest BCUT2D eigenvalue weighted by atomic mass is 10.1. The summed E-state index contributed by atoms with van der Waals surface area (Å²) >= 11 is 1.51. The number of carbonyl (C=O) groups is 2. The summed E-state index contributed by atoms with van der Waals surface area (Å²) in [5, 5.41) is 2.91. The first kappa shape index (κ1) is 20.0. The molecule has 0 radical (unpaired) electrons. The molecule has 0 fully saturated rings. The van der Waals surface area contributed by atoms with Crippen LogP contribution in [0, 0.1) is 27.7 Å². The van der Waals surface area contributed by atoms with E-state index in [1.165, 1.54) is 27.8 Å². The molecule has 5 heteroatoms. The van der Waals surface area contributed by atoms with Crippen LogP contribution in [0.25, 0.3) is 0 Å². The van der Waals surface area contributed by atoms with E-state index in [2.05, 4.69) is 18.3 Å². The molecule has 138 valence electrons. The van der Waals surface area contributed by atoms with E-state index in [4.69, 9.17) is 0 Å². The van der Waals surface area contributed by atoms with E-state index in [0.717, 1.165) is 21.7 Å². The van der Waals surface area contributed by atoms with Gasteiger partial charge in [-0.2, -0.15) is 0 Å². The molecule has 2 amide bonds. The van der Waals surface area contributed by atoms with Gasteiger partial charge in [0.1, 0.15) is 0 Å². The standard InChI is InChI=1S/C21H26N2O2S/c1-14-9-10-18(17(4)11-14)26-13-20(25)23(5)12-19(24)22-21-15(2)7-6-8-16(21)3/h6-11H,12-13H2,1-5H3,(H,22,24). The van der Waals surface area contributed by atoms with Gasteiger partial charge in [0.2, 0.25) is 11.8 Å². The highest BCUT2D eigenvalue weighted by Gasteiger charge is 2.15. The van der Waals surface area contributed by atoms with Crippen LogP contribution in [0.4, 0.5) is 5.69 Å². The van der Waals surface area contributed by atoms with Crippen molar-refractivity contribution in [2.45, 2.75) is 32.6 Å². The van der Waals surface area contributed by atoms with E-state index in [1.807, 2.05) is 51.1 Å². The predicted molar refractivity (Wildman–Crippen MR) is 109 cm³/mol. The van der Waals surface area contributed by atoms with Gasteiger partial charge in [0.15, 0.2) is 0 Å². The number of carbonyl (C=O) groups excluding carboxylic acids is 2. The van der Waals surface area contributed by atoms with Crippen LogP contribution in [0.5, 0.6) is 0 Å². The largest absolute Gasteiger partial charge is 0.336 e. The molecule has 0 spiro atoms. The number of anilines is 1. The quantitative estimate of drug-likeness (QED) is 0.779. The van der Waals surface area contributed by atoms with Gasteiger partial charge in [0.05, 0.1) is 12.3 Å². The maximum atomic E-state index is 12.3. The van der Waals surface area contributed by atoms with Crippen LogP contribution in [0.1, 0.15) is 22.3 Å². The first-order chi connectivity index (χ1) is 12.3. The molecule has 0 saturated heterocycles. The van der Waals surface area contributed by atoms with Crippen LogP contribution >= 0.6 is 11.8 Å². The van der Waals surface area contributed by atoms with Crippen molar-refractivity contribution in [2.24, 2.45) is 0 Å². The van der Waals surface area contributed by atoms with E-state index in [9.17, 15) is 9.59 Å². The Balaban J connectivity index is 1.89. The summed E-state index contributed by atoms with van der Waals surface area (Å²) in [5.74, 6) is 0.0678. The summed E-state index contributed by atoms with van der Waals surface area (Å²) in [5.41, 5.74) is 5.22. The lowest BCUT2D eigenvalue weighted by molar-refractivity contribution is -0.131. The summed E-state index contributed by atoms with van der Waals surface area (Å²) in [6.45, 7) is 8.05. The molecule has 4 nitrogen and oxygen atoms in total. The van der Waals surface area contributed by atoms with Crippen molar-refractivity contribution < 1.29 is 9.59 Å². The molecule has 0 aromatic heterocycles. The topological polar surface area (TPSA) is 49.4 Å². The molecule has 0 aliphatic carbocycles. The summed E-state index contributed by atoms with van der Waals surface area (Å²) < 4.78 is 0. The lowest BCUT2D eigenvalue weighted by Crippen LogP contribution is -2.36. The minimum absolute atomic E-state index is 0.0417. The van der Waals surface area contributed by atoms with Crippen LogP contribution in [0.2, 0.25) is 0 Å². The lowest BCUT2D eigenvalue weighted by Gasteiger charge is -2.18. The molecule has 2 aromatic rings. The van der Waals surface area contributed by atoms with Crippen LogP contribution in [0.3, 0.4) is 0 Å². The smallest absolute Gasteiger partial charge is 0.243 e. The van der Waals surface area contributed by atoms with Gasteiger partial charge in [-0.05, 0) is 50.5 Å².